The molecule has 1 saturated heterocycles. The Morgan fingerprint density at radius 1 is 1.33 bits per heavy atom. The largest absolute Gasteiger partial charge is 0.459 e. The zero-order chi connectivity index (χ0) is 19.0. The van der Waals surface area contributed by atoms with Crippen molar-refractivity contribution in [3.8, 4) is 0 Å². The number of rotatable bonds is 2. The van der Waals surface area contributed by atoms with Gasteiger partial charge in [0.2, 0.25) is 0 Å². The summed E-state index contributed by atoms with van der Waals surface area (Å²) in [4.78, 5) is 47.3. The van der Waals surface area contributed by atoms with Crippen molar-refractivity contribution in [3.63, 3.8) is 0 Å². The molecule has 4 heterocycles. The number of carbonyl (C=O) groups is 2. The Hall–Kier alpha value is -3.10. The fourth-order valence-corrected chi connectivity index (χ4v) is 3.64. The normalized spacial score (nSPS) is 19.1. The van der Waals surface area contributed by atoms with Crippen LogP contribution in [0.3, 0.4) is 0 Å². The lowest BCUT2D eigenvalue weighted by Gasteiger charge is -2.33. The molecule has 0 spiro atoms. The van der Waals surface area contributed by atoms with E-state index in [9.17, 15) is 14.4 Å². The molecular formula is C18H21N5O4. The highest BCUT2D eigenvalue weighted by atomic mass is 16.3. The topological polar surface area (TPSA) is 112 Å². The Morgan fingerprint density at radius 3 is 2.96 bits per heavy atom. The molecule has 0 bridgehead atoms. The van der Waals surface area contributed by atoms with Gasteiger partial charge < -0.3 is 24.5 Å². The van der Waals surface area contributed by atoms with E-state index in [4.69, 9.17) is 4.42 Å². The van der Waals surface area contributed by atoms with E-state index < -0.39 is 0 Å². The lowest BCUT2D eigenvalue weighted by atomic mass is 10.1. The molecule has 2 aliphatic rings. The van der Waals surface area contributed by atoms with Crippen molar-refractivity contribution in [1.82, 2.24) is 25.1 Å². The molecule has 2 aliphatic heterocycles. The number of urea groups is 1. The van der Waals surface area contributed by atoms with Gasteiger partial charge in [0.15, 0.2) is 5.76 Å². The summed E-state index contributed by atoms with van der Waals surface area (Å²) in [5, 5.41) is 2.98. The number of amides is 3. The van der Waals surface area contributed by atoms with Crippen molar-refractivity contribution in [2.75, 3.05) is 13.1 Å². The summed E-state index contributed by atoms with van der Waals surface area (Å²) in [5.41, 5.74) is 0.986. The lowest BCUT2D eigenvalue weighted by Crippen LogP contribution is -2.52. The molecule has 1 atom stereocenters. The minimum Gasteiger partial charge on any atom is -0.459 e. The Bertz CT molecular complexity index is 920. The third-order valence-electron chi connectivity index (χ3n) is 4.96. The number of fused-ring (bicyclic) bond motifs is 1. The second kappa shape index (κ2) is 6.90. The van der Waals surface area contributed by atoms with E-state index in [0.717, 1.165) is 12.8 Å². The van der Waals surface area contributed by atoms with E-state index in [1.807, 2.05) is 0 Å². The Morgan fingerprint density at radius 2 is 2.19 bits per heavy atom. The highest BCUT2D eigenvalue weighted by Crippen LogP contribution is 2.19. The lowest BCUT2D eigenvalue weighted by molar-refractivity contribution is 0.0662. The van der Waals surface area contributed by atoms with Crippen molar-refractivity contribution in [3.05, 3.63) is 51.6 Å². The SMILES string of the molecule is Cc1nc2c(c(=O)[nH]1)CN(C(=O)N[C@@H]1CCCN(C(=O)c3ccco3)C1)C2. The van der Waals surface area contributed by atoms with Crippen molar-refractivity contribution >= 4 is 11.9 Å². The van der Waals surface area contributed by atoms with Gasteiger partial charge in [0.05, 0.1) is 30.6 Å². The van der Waals surface area contributed by atoms with Gasteiger partial charge in [0.1, 0.15) is 5.82 Å². The van der Waals surface area contributed by atoms with Crippen molar-refractivity contribution in [2.45, 2.75) is 38.9 Å². The van der Waals surface area contributed by atoms with Gasteiger partial charge in [-0.3, -0.25) is 9.59 Å². The van der Waals surface area contributed by atoms with Crippen molar-refractivity contribution in [2.24, 2.45) is 0 Å². The van der Waals surface area contributed by atoms with Crippen LogP contribution in [0.2, 0.25) is 0 Å². The number of carbonyl (C=O) groups excluding carboxylic acids is 2. The monoisotopic (exact) mass is 371 g/mol. The molecule has 0 unspecified atom stereocenters. The molecule has 0 aromatic carbocycles. The van der Waals surface area contributed by atoms with Gasteiger partial charge >= 0.3 is 6.03 Å². The molecule has 9 heteroatoms. The van der Waals surface area contributed by atoms with Gasteiger partial charge in [0, 0.05) is 19.1 Å². The smallest absolute Gasteiger partial charge is 0.318 e. The first kappa shape index (κ1) is 17.3. The number of aryl methyl sites for hydroxylation is 1. The summed E-state index contributed by atoms with van der Waals surface area (Å²) in [6, 6.07) is 2.93. The van der Waals surface area contributed by atoms with Gasteiger partial charge in [0.25, 0.3) is 11.5 Å². The summed E-state index contributed by atoms with van der Waals surface area (Å²) in [6.45, 7) is 3.35. The number of furan rings is 1. The molecule has 0 aliphatic carbocycles. The fraction of sp³-hybridized carbons (Fsp3) is 0.444. The fourth-order valence-electron chi connectivity index (χ4n) is 3.64. The second-order valence-corrected chi connectivity index (χ2v) is 6.95. The van der Waals surface area contributed by atoms with E-state index in [2.05, 4.69) is 15.3 Å². The first-order chi connectivity index (χ1) is 13.0. The number of aromatic amines is 1. The number of likely N-dealkylation sites (tertiary alicyclic amines) is 1. The van der Waals surface area contributed by atoms with Crippen LogP contribution in [0.5, 0.6) is 0 Å². The van der Waals surface area contributed by atoms with Crippen molar-refractivity contribution < 1.29 is 14.0 Å². The average Bonchev–Trinajstić information content (AvgIpc) is 3.31. The first-order valence-corrected chi connectivity index (χ1v) is 8.98. The summed E-state index contributed by atoms with van der Waals surface area (Å²) in [6.07, 6.45) is 3.07. The van der Waals surface area contributed by atoms with E-state index in [-0.39, 0.29) is 30.1 Å². The molecular weight excluding hydrogens is 350 g/mol. The second-order valence-electron chi connectivity index (χ2n) is 6.95. The molecule has 9 nitrogen and oxygen atoms in total. The number of nitrogens with one attached hydrogen (secondary N) is 2. The molecule has 2 aromatic heterocycles. The predicted molar refractivity (Wildman–Crippen MR) is 95.0 cm³/mol. The van der Waals surface area contributed by atoms with Gasteiger partial charge in [-0.05, 0) is 31.9 Å². The maximum Gasteiger partial charge on any atom is 0.318 e. The van der Waals surface area contributed by atoms with Crippen LogP contribution >= 0.6 is 0 Å². The zero-order valence-corrected chi connectivity index (χ0v) is 15.0. The predicted octanol–water partition coefficient (Wildman–Crippen LogP) is 1.00. The van der Waals surface area contributed by atoms with E-state index >= 15 is 0 Å². The quantitative estimate of drug-likeness (QED) is 0.818. The molecule has 1 fully saturated rings. The summed E-state index contributed by atoms with van der Waals surface area (Å²) in [5.74, 6) is 0.678. The third-order valence-corrected chi connectivity index (χ3v) is 4.96. The highest BCUT2D eigenvalue weighted by molar-refractivity contribution is 5.91. The molecule has 2 aromatic rings. The zero-order valence-electron chi connectivity index (χ0n) is 15.0. The number of hydrogen-bond acceptors (Lipinski definition) is 5. The molecule has 142 valence electrons. The van der Waals surface area contributed by atoms with E-state index in [1.165, 1.54) is 6.26 Å². The molecule has 27 heavy (non-hydrogen) atoms. The van der Waals surface area contributed by atoms with Gasteiger partial charge in [-0.25, -0.2) is 9.78 Å². The van der Waals surface area contributed by atoms with Crippen LogP contribution in [0.25, 0.3) is 0 Å². The Kier molecular flexibility index (Phi) is 4.43. The molecule has 0 saturated carbocycles. The Labute approximate surface area is 155 Å². The van der Waals surface area contributed by atoms with Crippen LogP contribution in [-0.2, 0) is 13.1 Å². The van der Waals surface area contributed by atoms with Gasteiger partial charge in [-0.15, -0.1) is 0 Å². The molecule has 0 radical (unpaired) electrons. The van der Waals surface area contributed by atoms with Crippen LogP contribution < -0.4 is 10.9 Å². The van der Waals surface area contributed by atoms with Crippen LogP contribution in [-0.4, -0.2) is 50.8 Å². The number of piperidine rings is 1. The minimum absolute atomic E-state index is 0.137. The van der Waals surface area contributed by atoms with Gasteiger partial charge in [-0.2, -0.15) is 0 Å². The maximum absolute atomic E-state index is 12.6. The van der Waals surface area contributed by atoms with Crippen LogP contribution in [0.1, 0.15) is 40.5 Å². The standard InChI is InChI=1S/C18H21N5O4/c1-11-19-14-10-23(9-13(14)16(24)20-11)18(26)21-12-4-2-6-22(8-12)17(25)15-5-3-7-27-15/h3,5,7,12H,2,4,6,8-10H2,1H3,(H,21,26)(H,19,20,24)/t12-/m1/s1. The van der Waals surface area contributed by atoms with E-state index in [1.54, 1.807) is 28.9 Å². The Balaban J connectivity index is 1.38. The number of hydrogen-bond donors (Lipinski definition) is 2. The number of H-pyrrole nitrogens is 1. The molecule has 2 N–H and O–H groups in total. The third kappa shape index (κ3) is 3.44. The average molecular weight is 371 g/mol. The molecule has 4 rings (SSSR count). The first-order valence-electron chi connectivity index (χ1n) is 8.98. The van der Waals surface area contributed by atoms with Crippen molar-refractivity contribution in [1.29, 1.82) is 0 Å². The van der Waals surface area contributed by atoms with Crippen LogP contribution in [0.4, 0.5) is 4.79 Å². The van der Waals surface area contributed by atoms with Crippen LogP contribution in [0.15, 0.2) is 27.6 Å². The van der Waals surface area contributed by atoms with Gasteiger partial charge in [-0.1, -0.05) is 0 Å². The summed E-state index contributed by atoms with van der Waals surface area (Å²) < 4.78 is 5.18. The summed E-state index contributed by atoms with van der Waals surface area (Å²) >= 11 is 0. The minimum atomic E-state index is -0.248. The number of aromatic nitrogens is 2. The highest BCUT2D eigenvalue weighted by Gasteiger charge is 2.31. The van der Waals surface area contributed by atoms with Crippen LogP contribution in [0, 0.1) is 6.92 Å². The summed E-state index contributed by atoms with van der Waals surface area (Å²) in [7, 11) is 0. The molecule has 3 amide bonds. The maximum atomic E-state index is 12.6. The number of nitrogens with zero attached hydrogens (tertiary/aromatic N) is 3. The van der Waals surface area contributed by atoms with E-state index in [0.29, 0.717) is 42.5 Å².